The van der Waals surface area contributed by atoms with Crippen LogP contribution < -0.4 is 10.6 Å². The first kappa shape index (κ1) is 20.8. The molecule has 2 heterocycles. The number of aromatic nitrogens is 1. The first-order valence-electron chi connectivity index (χ1n) is 7.34. The number of nitrogens with zero attached hydrogens (tertiary/aromatic N) is 1. The van der Waals surface area contributed by atoms with Crippen molar-refractivity contribution < 1.29 is 9.18 Å². The van der Waals surface area contributed by atoms with Crippen LogP contribution in [0.4, 0.5) is 4.39 Å². The van der Waals surface area contributed by atoms with Crippen molar-refractivity contribution in [1.82, 2.24) is 15.6 Å². The number of carbonyl (C=O) groups is 1. The molecule has 8 heteroatoms. The normalized spacial score (nSPS) is 13.4. The topological polar surface area (TPSA) is 54.0 Å². The summed E-state index contributed by atoms with van der Waals surface area (Å²) in [5.41, 5.74) is 1.82. The van der Waals surface area contributed by atoms with E-state index in [1.54, 1.807) is 12.1 Å². The third-order valence-electron chi connectivity index (χ3n) is 3.66. The molecule has 1 aromatic carbocycles. The number of hydrogen-bond acceptors (Lipinski definition) is 4. The summed E-state index contributed by atoms with van der Waals surface area (Å²) >= 11 is 1.54. The molecule has 0 radical (unpaired) electrons. The highest BCUT2D eigenvalue weighted by Crippen LogP contribution is 2.15. The van der Waals surface area contributed by atoms with Crippen molar-refractivity contribution in [2.45, 2.75) is 12.8 Å². The molecule has 0 atom stereocenters. The molecule has 0 spiro atoms. The molecular weight excluding hydrogens is 372 g/mol. The average Bonchev–Trinajstić information content (AvgIpc) is 2.87. The third-order valence-corrected chi connectivity index (χ3v) is 4.56. The summed E-state index contributed by atoms with van der Waals surface area (Å²) in [7, 11) is 0. The number of nitrogens with one attached hydrogen (secondary N) is 2. The average molecular weight is 392 g/mol. The number of halogens is 3. The minimum atomic E-state index is -0.234. The summed E-state index contributed by atoms with van der Waals surface area (Å²) in [6.07, 6.45) is 0.986. The van der Waals surface area contributed by atoms with Gasteiger partial charge < -0.3 is 10.6 Å². The molecule has 1 aliphatic rings. The van der Waals surface area contributed by atoms with Gasteiger partial charge in [0.05, 0.1) is 17.1 Å². The van der Waals surface area contributed by atoms with E-state index in [1.165, 1.54) is 23.5 Å². The first-order chi connectivity index (χ1) is 10.7. The van der Waals surface area contributed by atoms with Crippen LogP contribution in [0.5, 0.6) is 0 Å². The van der Waals surface area contributed by atoms with Crippen molar-refractivity contribution in [1.29, 1.82) is 0 Å². The smallest absolute Gasteiger partial charge is 0.226 e. The maximum Gasteiger partial charge on any atom is 0.226 e. The lowest BCUT2D eigenvalue weighted by Gasteiger charge is -2.26. The number of carbonyl (C=O) groups excluding carboxylic acids is 1. The van der Waals surface area contributed by atoms with Gasteiger partial charge in [-0.15, -0.1) is 36.2 Å². The number of hydrogen-bond donors (Lipinski definition) is 2. The van der Waals surface area contributed by atoms with Gasteiger partial charge in [0.1, 0.15) is 5.82 Å². The standard InChI is InChI=1S/C16H18FN3OS.2ClH/c17-13-3-1-11(2-4-13)5-16-20-14(10-22-16)6-15(21)19-9-12-7-18-8-12;;/h1-4,10,12,18H,5-9H2,(H,19,21);2*1H. The van der Waals surface area contributed by atoms with Crippen LogP contribution in [-0.4, -0.2) is 30.5 Å². The zero-order chi connectivity index (χ0) is 15.4. The summed E-state index contributed by atoms with van der Waals surface area (Å²) in [5.74, 6) is 0.348. The second-order valence-corrected chi connectivity index (χ2v) is 6.48. The highest BCUT2D eigenvalue weighted by molar-refractivity contribution is 7.09. The molecule has 0 bridgehead atoms. The molecule has 1 aromatic heterocycles. The lowest BCUT2D eigenvalue weighted by atomic mass is 10.0. The molecule has 1 aliphatic heterocycles. The Kier molecular flexibility index (Phi) is 8.62. The van der Waals surface area contributed by atoms with Gasteiger partial charge in [0.25, 0.3) is 0 Å². The lowest BCUT2D eigenvalue weighted by Crippen LogP contribution is -2.48. The Balaban J connectivity index is 0.00000144. The van der Waals surface area contributed by atoms with Gasteiger partial charge >= 0.3 is 0 Å². The monoisotopic (exact) mass is 391 g/mol. The van der Waals surface area contributed by atoms with Gasteiger partial charge in [0, 0.05) is 37.4 Å². The second-order valence-electron chi connectivity index (χ2n) is 5.54. The maximum atomic E-state index is 12.9. The minimum absolute atomic E-state index is 0. The summed E-state index contributed by atoms with van der Waals surface area (Å²) in [6, 6.07) is 6.42. The molecular formula is C16H20Cl2FN3OS. The van der Waals surface area contributed by atoms with Crippen LogP contribution >= 0.6 is 36.2 Å². The fraction of sp³-hybridized carbons (Fsp3) is 0.375. The Morgan fingerprint density at radius 3 is 2.62 bits per heavy atom. The van der Waals surface area contributed by atoms with Crippen LogP contribution in [0.15, 0.2) is 29.6 Å². The molecule has 132 valence electrons. The van der Waals surface area contributed by atoms with Gasteiger partial charge in [-0.1, -0.05) is 12.1 Å². The molecule has 0 unspecified atom stereocenters. The Morgan fingerprint density at radius 2 is 2.00 bits per heavy atom. The fourth-order valence-corrected chi connectivity index (χ4v) is 3.09. The molecule has 1 fully saturated rings. The fourth-order valence-electron chi connectivity index (χ4n) is 2.27. The van der Waals surface area contributed by atoms with Crippen molar-refractivity contribution in [2.24, 2.45) is 5.92 Å². The quantitative estimate of drug-likeness (QED) is 0.795. The van der Waals surface area contributed by atoms with Crippen molar-refractivity contribution >= 4 is 42.1 Å². The van der Waals surface area contributed by atoms with E-state index in [4.69, 9.17) is 0 Å². The van der Waals surface area contributed by atoms with Gasteiger partial charge in [-0.2, -0.15) is 0 Å². The Hall–Kier alpha value is -1.21. The number of thiazole rings is 1. The summed E-state index contributed by atoms with van der Waals surface area (Å²) in [5, 5.41) is 8.98. The summed E-state index contributed by atoms with van der Waals surface area (Å²) < 4.78 is 12.9. The van der Waals surface area contributed by atoms with Gasteiger partial charge in [-0.25, -0.2) is 9.37 Å². The second kappa shape index (κ2) is 9.93. The molecule has 24 heavy (non-hydrogen) atoms. The number of amides is 1. The number of rotatable bonds is 6. The Bertz CT molecular complexity index is 647. The molecule has 1 saturated heterocycles. The Morgan fingerprint density at radius 1 is 1.29 bits per heavy atom. The highest BCUT2D eigenvalue weighted by Gasteiger charge is 2.17. The highest BCUT2D eigenvalue weighted by atomic mass is 35.5. The SMILES string of the molecule is Cl.Cl.O=C(Cc1csc(Cc2ccc(F)cc2)n1)NCC1CNC1. The zero-order valence-electron chi connectivity index (χ0n) is 13.0. The molecule has 1 amide bonds. The first-order valence-corrected chi connectivity index (χ1v) is 8.22. The van der Waals surface area contributed by atoms with E-state index in [0.717, 1.165) is 35.9 Å². The predicted molar refractivity (Wildman–Crippen MR) is 98.9 cm³/mol. The van der Waals surface area contributed by atoms with Gasteiger partial charge in [-0.3, -0.25) is 4.79 Å². The van der Waals surface area contributed by atoms with Crippen LogP contribution in [0, 0.1) is 11.7 Å². The minimum Gasteiger partial charge on any atom is -0.355 e. The summed E-state index contributed by atoms with van der Waals surface area (Å²) in [6.45, 7) is 2.70. The number of benzene rings is 1. The van der Waals surface area contributed by atoms with Gasteiger partial charge in [0.15, 0.2) is 0 Å². The molecule has 3 rings (SSSR count). The Labute approximate surface area is 157 Å². The molecule has 2 aromatic rings. The summed E-state index contributed by atoms with van der Waals surface area (Å²) in [4.78, 5) is 16.3. The van der Waals surface area contributed by atoms with E-state index in [-0.39, 0.29) is 36.5 Å². The van der Waals surface area contributed by atoms with E-state index < -0.39 is 0 Å². The van der Waals surface area contributed by atoms with Gasteiger partial charge in [-0.05, 0) is 17.7 Å². The molecule has 2 N–H and O–H groups in total. The largest absolute Gasteiger partial charge is 0.355 e. The van der Waals surface area contributed by atoms with Crippen LogP contribution in [0.25, 0.3) is 0 Å². The molecule has 0 aliphatic carbocycles. The van der Waals surface area contributed by atoms with E-state index in [0.29, 0.717) is 18.8 Å². The van der Waals surface area contributed by atoms with E-state index in [1.807, 2.05) is 5.38 Å². The predicted octanol–water partition coefficient (Wildman–Crippen LogP) is 2.59. The van der Waals surface area contributed by atoms with Crippen LogP contribution in [-0.2, 0) is 17.6 Å². The van der Waals surface area contributed by atoms with Gasteiger partial charge in [0.2, 0.25) is 5.91 Å². The maximum absolute atomic E-state index is 12.9. The van der Waals surface area contributed by atoms with Crippen LogP contribution in [0.1, 0.15) is 16.3 Å². The molecule has 0 saturated carbocycles. The van der Waals surface area contributed by atoms with E-state index >= 15 is 0 Å². The van der Waals surface area contributed by atoms with E-state index in [9.17, 15) is 9.18 Å². The van der Waals surface area contributed by atoms with Crippen molar-refractivity contribution in [3.8, 4) is 0 Å². The lowest BCUT2D eigenvalue weighted by molar-refractivity contribution is -0.120. The van der Waals surface area contributed by atoms with Crippen molar-refractivity contribution in [2.75, 3.05) is 19.6 Å². The van der Waals surface area contributed by atoms with Crippen LogP contribution in [0.2, 0.25) is 0 Å². The molecule has 4 nitrogen and oxygen atoms in total. The van der Waals surface area contributed by atoms with Crippen LogP contribution in [0.3, 0.4) is 0 Å². The van der Waals surface area contributed by atoms with Crippen molar-refractivity contribution in [3.63, 3.8) is 0 Å². The third kappa shape index (κ3) is 6.02. The zero-order valence-corrected chi connectivity index (χ0v) is 15.4. The van der Waals surface area contributed by atoms with Crippen molar-refractivity contribution in [3.05, 3.63) is 51.7 Å². The van der Waals surface area contributed by atoms with E-state index in [2.05, 4.69) is 15.6 Å².